The molecular weight excluding hydrogens is 240 g/mol. The van der Waals surface area contributed by atoms with Crippen molar-refractivity contribution in [1.29, 1.82) is 0 Å². The maximum Gasteiger partial charge on any atom is 0.0957 e. The highest BCUT2D eigenvalue weighted by atomic mass is 35.5. The summed E-state index contributed by atoms with van der Waals surface area (Å²) in [5.41, 5.74) is 0.234. The van der Waals surface area contributed by atoms with Crippen LogP contribution >= 0.6 is 22.9 Å². The number of alkyl halides is 1. The van der Waals surface area contributed by atoms with Crippen LogP contribution in [0, 0.1) is 5.92 Å². The third-order valence-electron chi connectivity index (χ3n) is 3.06. The van der Waals surface area contributed by atoms with Gasteiger partial charge in [-0.25, -0.2) is 0 Å². The molecule has 0 amide bonds. The summed E-state index contributed by atoms with van der Waals surface area (Å²) in [5.74, 6) is 1.20. The van der Waals surface area contributed by atoms with E-state index in [0.29, 0.717) is 11.8 Å². The Labute approximate surface area is 107 Å². The van der Waals surface area contributed by atoms with Gasteiger partial charge in [-0.2, -0.15) is 0 Å². The third-order valence-corrected chi connectivity index (χ3v) is 5.03. The lowest BCUT2D eigenvalue weighted by Crippen LogP contribution is -2.08. The molecule has 0 radical (unpaired) electrons. The molecule has 2 unspecified atom stereocenters. The minimum atomic E-state index is 0.234. The van der Waals surface area contributed by atoms with Crippen LogP contribution in [0.5, 0.6) is 0 Å². The number of ether oxygens (including phenoxy) is 1. The molecule has 2 atom stereocenters. The van der Waals surface area contributed by atoms with Crippen LogP contribution in [0.4, 0.5) is 0 Å². The standard InChI is InChI=1S/C13H19ClOS/c1-13(2,3)11-5-4-10(16-11)12-9(8-14)6-7-15-12/h4-5,9,12H,6-8H2,1-3H3. The number of hydrogen-bond acceptors (Lipinski definition) is 2. The average molecular weight is 259 g/mol. The SMILES string of the molecule is CC(C)(C)c1ccc(C2OCCC2CCl)s1. The van der Waals surface area contributed by atoms with E-state index in [2.05, 4.69) is 32.9 Å². The van der Waals surface area contributed by atoms with Crippen molar-refractivity contribution in [3.05, 3.63) is 21.9 Å². The van der Waals surface area contributed by atoms with Crippen molar-refractivity contribution in [3.8, 4) is 0 Å². The fourth-order valence-electron chi connectivity index (χ4n) is 2.02. The maximum absolute atomic E-state index is 5.97. The van der Waals surface area contributed by atoms with Crippen molar-refractivity contribution in [2.75, 3.05) is 12.5 Å². The van der Waals surface area contributed by atoms with Crippen LogP contribution < -0.4 is 0 Å². The van der Waals surface area contributed by atoms with Gasteiger partial charge in [-0.05, 0) is 24.0 Å². The Morgan fingerprint density at radius 2 is 2.19 bits per heavy atom. The first-order valence-corrected chi connectivity index (χ1v) is 7.15. The third kappa shape index (κ3) is 2.44. The molecule has 1 saturated heterocycles. The second-order valence-corrected chi connectivity index (χ2v) is 6.87. The normalized spacial score (nSPS) is 26.2. The van der Waals surface area contributed by atoms with Gasteiger partial charge in [0, 0.05) is 28.2 Å². The molecule has 1 aromatic rings. The number of thiophene rings is 1. The summed E-state index contributed by atoms with van der Waals surface area (Å²) in [6.07, 6.45) is 1.33. The Hall–Kier alpha value is -0.0500. The molecule has 1 aliphatic heterocycles. The van der Waals surface area contributed by atoms with Crippen molar-refractivity contribution in [2.45, 2.75) is 38.7 Å². The van der Waals surface area contributed by atoms with Crippen molar-refractivity contribution in [3.63, 3.8) is 0 Å². The Morgan fingerprint density at radius 3 is 2.75 bits per heavy atom. The van der Waals surface area contributed by atoms with Gasteiger partial charge in [0.25, 0.3) is 0 Å². The Kier molecular flexibility index (Phi) is 3.62. The Balaban J connectivity index is 2.18. The smallest absolute Gasteiger partial charge is 0.0957 e. The monoisotopic (exact) mass is 258 g/mol. The molecule has 16 heavy (non-hydrogen) atoms. The van der Waals surface area contributed by atoms with Crippen LogP contribution in [0.1, 0.15) is 43.1 Å². The van der Waals surface area contributed by atoms with E-state index in [1.54, 1.807) is 0 Å². The molecule has 90 valence electrons. The van der Waals surface area contributed by atoms with Crippen LogP contribution in [0.25, 0.3) is 0 Å². The lowest BCUT2D eigenvalue weighted by molar-refractivity contribution is 0.0980. The van der Waals surface area contributed by atoms with Crippen LogP contribution in [-0.4, -0.2) is 12.5 Å². The topological polar surface area (TPSA) is 9.23 Å². The van der Waals surface area contributed by atoms with E-state index in [1.165, 1.54) is 9.75 Å². The molecule has 1 fully saturated rings. The molecule has 2 heterocycles. The Bertz CT molecular complexity index is 353. The zero-order valence-corrected chi connectivity index (χ0v) is 11.7. The second-order valence-electron chi connectivity index (χ2n) is 5.45. The molecule has 0 spiro atoms. The van der Waals surface area contributed by atoms with E-state index in [0.717, 1.165) is 13.0 Å². The number of halogens is 1. The van der Waals surface area contributed by atoms with Crippen LogP contribution in [0.15, 0.2) is 12.1 Å². The molecule has 0 N–H and O–H groups in total. The molecule has 0 saturated carbocycles. The van der Waals surface area contributed by atoms with Gasteiger partial charge in [0.2, 0.25) is 0 Å². The predicted octanol–water partition coefficient (Wildman–Crippen LogP) is 4.36. The second kappa shape index (κ2) is 4.67. The highest BCUT2D eigenvalue weighted by Crippen LogP contribution is 2.40. The number of rotatable bonds is 2. The molecule has 1 aliphatic rings. The van der Waals surface area contributed by atoms with Gasteiger partial charge < -0.3 is 4.74 Å². The van der Waals surface area contributed by atoms with Gasteiger partial charge in [0.15, 0.2) is 0 Å². The minimum Gasteiger partial charge on any atom is -0.372 e. The molecule has 0 aliphatic carbocycles. The lowest BCUT2D eigenvalue weighted by Gasteiger charge is -2.17. The molecule has 0 bridgehead atoms. The minimum absolute atomic E-state index is 0.234. The first-order valence-electron chi connectivity index (χ1n) is 5.80. The van der Waals surface area contributed by atoms with Crippen molar-refractivity contribution in [1.82, 2.24) is 0 Å². The molecule has 3 heteroatoms. The van der Waals surface area contributed by atoms with Gasteiger partial charge in [0.1, 0.15) is 0 Å². The summed E-state index contributed by atoms with van der Waals surface area (Å²) < 4.78 is 5.79. The largest absolute Gasteiger partial charge is 0.372 e. The van der Waals surface area contributed by atoms with E-state index >= 15 is 0 Å². The summed E-state index contributed by atoms with van der Waals surface area (Å²) in [4.78, 5) is 2.76. The van der Waals surface area contributed by atoms with Crippen molar-refractivity contribution in [2.24, 2.45) is 5.92 Å². The van der Waals surface area contributed by atoms with Gasteiger partial charge in [-0.15, -0.1) is 22.9 Å². The summed E-state index contributed by atoms with van der Waals surface area (Å²) in [5, 5.41) is 0. The Morgan fingerprint density at radius 1 is 1.44 bits per heavy atom. The fraction of sp³-hybridized carbons (Fsp3) is 0.692. The predicted molar refractivity (Wildman–Crippen MR) is 70.5 cm³/mol. The highest BCUT2D eigenvalue weighted by molar-refractivity contribution is 7.12. The van der Waals surface area contributed by atoms with E-state index in [-0.39, 0.29) is 11.5 Å². The van der Waals surface area contributed by atoms with E-state index in [1.807, 2.05) is 11.3 Å². The molecule has 2 rings (SSSR count). The summed E-state index contributed by atoms with van der Waals surface area (Å²) >= 11 is 7.85. The van der Waals surface area contributed by atoms with E-state index in [9.17, 15) is 0 Å². The first kappa shape index (κ1) is 12.4. The zero-order chi connectivity index (χ0) is 11.8. The van der Waals surface area contributed by atoms with Gasteiger partial charge in [0.05, 0.1) is 6.10 Å². The van der Waals surface area contributed by atoms with E-state index < -0.39 is 0 Å². The van der Waals surface area contributed by atoms with Crippen LogP contribution in [-0.2, 0) is 10.2 Å². The molecule has 1 nitrogen and oxygen atoms in total. The summed E-state index contributed by atoms with van der Waals surface area (Å²) in [6, 6.07) is 4.44. The van der Waals surface area contributed by atoms with Gasteiger partial charge >= 0.3 is 0 Å². The average Bonchev–Trinajstić information content (AvgIpc) is 2.84. The summed E-state index contributed by atoms with van der Waals surface area (Å²) in [7, 11) is 0. The van der Waals surface area contributed by atoms with Crippen molar-refractivity contribution >= 4 is 22.9 Å². The van der Waals surface area contributed by atoms with Gasteiger partial charge in [-0.3, -0.25) is 0 Å². The van der Waals surface area contributed by atoms with Gasteiger partial charge in [-0.1, -0.05) is 20.8 Å². The fourth-order valence-corrected chi connectivity index (χ4v) is 3.54. The van der Waals surface area contributed by atoms with Crippen LogP contribution in [0.2, 0.25) is 0 Å². The number of hydrogen-bond donors (Lipinski definition) is 0. The lowest BCUT2D eigenvalue weighted by atomic mass is 9.95. The first-order chi connectivity index (χ1) is 7.52. The quantitative estimate of drug-likeness (QED) is 0.716. The zero-order valence-electron chi connectivity index (χ0n) is 10.1. The molecule has 1 aromatic heterocycles. The van der Waals surface area contributed by atoms with E-state index in [4.69, 9.17) is 16.3 Å². The molecule has 0 aromatic carbocycles. The maximum atomic E-state index is 5.97. The van der Waals surface area contributed by atoms with Crippen molar-refractivity contribution < 1.29 is 4.74 Å². The summed E-state index contributed by atoms with van der Waals surface area (Å²) in [6.45, 7) is 7.59. The molecular formula is C13H19ClOS. The van der Waals surface area contributed by atoms with Crippen LogP contribution in [0.3, 0.4) is 0 Å². The highest BCUT2D eigenvalue weighted by Gasteiger charge is 2.30.